The minimum absolute atomic E-state index is 0.0979. The number of rotatable bonds is 5. The molecular formula is C14H22N2O3. The van der Waals surface area contributed by atoms with Crippen LogP contribution in [-0.2, 0) is 9.47 Å². The molecule has 1 atom stereocenters. The molecule has 1 fully saturated rings. The number of ether oxygens (including phenoxy) is 3. The molecule has 1 aromatic carbocycles. The molecule has 0 aromatic heterocycles. The number of anilines is 2. The van der Waals surface area contributed by atoms with Gasteiger partial charge in [-0.2, -0.15) is 0 Å². The molecule has 0 spiro atoms. The SMILES string of the molecule is CC(C)Oc1cc(NCC2COCCO2)ccc1N. The van der Waals surface area contributed by atoms with Crippen LogP contribution >= 0.6 is 0 Å². The van der Waals surface area contributed by atoms with Crippen molar-refractivity contribution in [2.75, 3.05) is 37.4 Å². The Morgan fingerprint density at radius 2 is 2.26 bits per heavy atom. The van der Waals surface area contributed by atoms with Crippen LogP contribution in [-0.4, -0.2) is 38.6 Å². The Labute approximate surface area is 114 Å². The molecule has 5 nitrogen and oxygen atoms in total. The van der Waals surface area contributed by atoms with E-state index in [4.69, 9.17) is 19.9 Å². The summed E-state index contributed by atoms with van der Waals surface area (Å²) in [6, 6.07) is 5.70. The zero-order chi connectivity index (χ0) is 13.7. The third kappa shape index (κ3) is 4.29. The fraction of sp³-hybridized carbons (Fsp3) is 0.571. The summed E-state index contributed by atoms with van der Waals surface area (Å²) >= 11 is 0. The highest BCUT2D eigenvalue weighted by atomic mass is 16.6. The van der Waals surface area contributed by atoms with Crippen molar-refractivity contribution in [3.05, 3.63) is 18.2 Å². The summed E-state index contributed by atoms with van der Waals surface area (Å²) in [7, 11) is 0. The van der Waals surface area contributed by atoms with Crippen LogP contribution in [0.25, 0.3) is 0 Å². The van der Waals surface area contributed by atoms with E-state index in [-0.39, 0.29) is 12.2 Å². The Bertz CT molecular complexity index is 404. The molecule has 0 bridgehead atoms. The van der Waals surface area contributed by atoms with E-state index in [2.05, 4.69) is 5.32 Å². The minimum Gasteiger partial charge on any atom is -0.489 e. The summed E-state index contributed by atoms with van der Waals surface area (Å²) in [5.74, 6) is 0.709. The maximum Gasteiger partial charge on any atom is 0.144 e. The number of nitrogens with one attached hydrogen (secondary N) is 1. The van der Waals surface area contributed by atoms with Crippen molar-refractivity contribution in [3.8, 4) is 5.75 Å². The smallest absolute Gasteiger partial charge is 0.144 e. The number of nitrogen functional groups attached to an aromatic ring is 1. The van der Waals surface area contributed by atoms with E-state index in [0.717, 1.165) is 5.69 Å². The fourth-order valence-corrected chi connectivity index (χ4v) is 1.89. The van der Waals surface area contributed by atoms with Gasteiger partial charge in [-0.15, -0.1) is 0 Å². The normalized spacial score (nSPS) is 19.4. The second-order valence-corrected chi connectivity index (χ2v) is 4.87. The molecular weight excluding hydrogens is 244 g/mol. The lowest BCUT2D eigenvalue weighted by atomic mass is 10.2. The molecule has 1 unspecified atom stereocenters. The molecule has 2 rings (SSSR count). The van der Waals surface area contributed by atoms with Crippen LogP contribution < -0.4 is 15.8 Å². The Morgan fingerprint density at radius 1 is 1.42 bits per heavy atom. The van der Waals surface area contributed by atoms with Gasteiger partial charge in [-0.05, 0) is 26.0 Å². The molecule has 0 saturated carbocycles. The van der Waals surface area contributed by atoms with E-state index in [0.29, 0.717) is 37.8 Å². The lowest BCUT2D eigenvalue weighted by molar-refractivity contribution is -0.0818. The number of hydrogen-bond acceptors (Lipinski definition) is 5. The molecule has 0 amide bonds. The van der Waals surface area contributed by atoms with Gasteiger partial charge < -0.3 is 25.3 Å². The molecule has 3 N–H and O–H groups in total. The average molecular weight is 266 g/mol. The third-order valence-electron chi connectivity index (χ3n) is 2.80. The zero-order valence-corrected chi connectivity index (χ0v) is 11.5. The van der Waals surface area contributed by atoms with E-state index in [1.807, 2.05) is 32.0 Å². The minimum atomic E-state index is 0.0979. The van der Waals surface area contributed by atoms with Crippen LogP contribution in [0.15, 0.2) is 18.2 Å². The first-order valence-corrected chi connectivity index (χ1v) is 6.64. The summed E-state index contributed by atoms with van der Waals surface area (Å²) < 4.78 is 16.6. The third-order valence-corrected chi connectivity index (χ3v) is 2.80. The monoisotopic (exact) mass is 266 g/mol. The Morgan fingerprint density at radius 3 is 2.95 bits per heavy atom. The quantitative estimate of drug-likeness (QED) is 0.797. The first-order valence-electron chi connectivity index (χ1n) is 6.64. The molecule has 106 valence electrons. The van der Waals surface area contributed by atoms with Crippen LogP contribution in [0.1, 0.15) is 13.8 Å². The van der Waals surface area contributed by atoms with E-state index < -0.39 is 0 Å². The van der Waals surface area contributed by atoms with E-state index in [1.54, 1.807) is 0 Å². The highest BCUT2D eigenvalue weighted by Gasteiger charge is 2.14. The van der Waals surface area contributed by atoms with Crippen molar-refractivity contribution in [1.29, 1.82) is 0 Å². The summed E-state index contributed by atoms with van der Waals surface area (Å²) in [4.78, 5) is 0. The molecule has 1 heterocycles. The van der Waals surface area contributed by atoms with E-state index >= 15 is 0 Å². The van der Waals surface area contributed by atoms with Gasteiger partial charge in [-0.3, -0.25) is 0 Å². The van der Waals surface area contributed by atoms with Crippen molar-refractivity contribution in [2.45, 2.75) is 26.1 Å². The molecule has 19 heavy (non-hydrogen) atoms. The lowest BCUT2D eigenvalue weighted by Crippen LogP contribution is -2.34. The maximum atomic E-state index is 5.88. The number of benzene rings is 1. The molecule has 5 heteroatoms. The van der Waals surface area contributed by atoms with Crippen LogP contribution in [0.4, 0.5) is 11.4 Å². The highest BCUT2D eigenvalue weighted by Crippen LogP contribution is 2.26. The first-order chi connectivity index (χ1) is 9.15. The Kier molecular flexibility index (Phi) is 4.87. The van der Waals surface area contributed by atoms with Gasteiger partial charge in [0.05, 0.1) is 37.7 Å². The van der Waals surface area contributed by atoms with Crippen LogP contribution in [0.2, 0.25) is 0 Å². The van der Waals surface area contributed by atoms with Crippen molar-refractivity contribution in [1.82, 2.24) is 0 Å². The van der Waals surface area contributed by atoms with Gasteiger partial charge in [0.25, 0.3) is 0 Å². The molecule has 1 saturated heterocycles. The van der Waals surface area contributed by atoms with Gasteiger partial charge in [0.15, 0.2) is 0 Å². The summed E-state index contributed by atoms with van der Waals surface area (Å²) in [5.41, 5.74) is 7.50. The fourth-order valence-electron chi connectivity index (χ4n) is 1.89. The molecule has 0 aliphatic carbocycles. The molecule has 0 radical (unpaired) electrons. The van der Waals surface area contributed by atoms with Crippen molar-refractivity contribution in [3.63, 3.8) is 0 Å². The van der Waals surface area contributed by atoms with E-state index in [9.17, 15) is 0 Å². The lowest BCUT2D eigenvalue weighted by Gasteiger charge is -2.23. The molecule has 1 aliphatic rings. The van der Waals surface area contributed by atoms with E-state index in [1.165, 1.54) is 0 Å². The van der Waals surface area contributed by atoms with Gasteiger partial charge in [-0.25, -0.2) is 0 Å². The molecule has 1 aliphatic heterocycles. The second kappa shape index (κ2) is 6.63. The second-order valence-electron chi connectivity index (χ2n) is 4.87. The highest BCUT2D eigenvalue weighted by molar-refractivity contribution is 5.61. The van der Waals surface area contributed by atoms with Gasteiger partial charge in [0.1, 0.15) is 5.75 Å². The largest absolute Gasteiger partial charge is 0.489 e. The van der Waals surface area contributed by atoms with Gasteiger partial charge >= 0.3 is 0 Å². The summed E-state index contributed by atoms with van der Waals surface area (Å²) in [6.07, 6.45) is 0.202. The summed E-state index contributed by atoms with van der Waals surface area (Å²) in [6.45, 7) is 6.66. The van der Waals surface area contributed by atoms with Crippen molar-refractivity contribution >= 4 is 11.4 Å². The molecule has 1 aromatic rings. The average Bonchev–Trinajstić information content (AvgIpc) is 2.40. The Hall–Kier alpha value is -1.46. The van der Waals surface area contributed by atoms with Crippen LogP contribution in [0, 0.1) is 0 Å². The first kappa shape index (κ1) is 14.0. The van der Waals surface area contributed by atoms with Crippen LogP contribution in [0.5, 0.6) is 5.75 Å². The van der Waals surface area contributed by atoms with Crippen LogP contribution in [0.3, 0.4) is 0 Å². The predicted octanol–water partition coefficient (Wildman–Crippen LogP) is 1.88. The zero-order valence-electron chi connectivity index (χ0n) is 11.5. The van der Waals surface area contributed by atoms with Crippen molar-refractivity contribution < 1.29 is 14.2 Å². The standard InChI is InChI=1S/C14H22N2O3/c1-10(2)19-14-7-11(3-4-13(14)15)16-8-12-9-17-5-6-18-12/h3-4,7,10,12,16H,5-6,8-9,15H2,1-2H3. The van der Waals surface area contributed by atoms with Gasteiger partial charge in [0, 0.05) is 18.3 Å². The number of nitrogens with two attached hydrogens (primary N) is 1. The van der Waals surface area contributed by atoms with Crippen molar-refractivity contribution in [2.24, 2.45) is 0 Å². The van der Waals surface area contributed by atoms with Gasteiger partial charge in [0.2, 0.25) is 0 Å². The summed E-state index contributed by atoms with van der Waals surface area (Å²) in [5, 5.41) is 3.31. The number of hydrogen-bond donors (Lipinski definition) is 2. The Balaban J connectivity index is 1.92. The van der Waals surface area contributed by atoms with Gasteiger partial charge in [-0.1, -0.05) is 0 Å². The maximum absolute atomic E-state index is 5.88. The topological polar surface area (TPSA) is 65.7 Å². The predicted molar refractivity (Wildman–Crippen MR) is 75.7 cm³/mol.